The highest BCUT2D eigenvalue weighted by molar-refractivity contribution is 9.10. The van der Waals surface area contributed by atoms with Crippen LogP contribution in [0.15, 0.2) is 63.4 Å². The van der Waals surface area contributed by atoms with E-state index in [1.54, 1.807) is 0 Å². The van der Waals surface area contributed by atoms with Crippen molar-refractivity contribution in [2.24, 2.45) is 10.2 Å². The zero-order chi connectivity index (χ0) is 13.2. The van der Waals surface area contributed by atoms with Crippen molar-refractivity contribution in [2.75, 3.05) is 0 Å². The molecule has 94 valence electrons. The summed E-state index contributed by atoms with van der Waals surface area (Å²) in [6, 6.07) is 13.6. The molecule has 0 atom stereocenters. The fourth-order valence-electron chi connectivity index (χ4n) is 1.83. The van der Waals surface area contributed by atoms with Gasteiger partial charge in [-0.3, -0.25) is 4.40 Å². The second-order valence-corrected chi connectivity index (χ2v) is 5.04. The number of azo groups is 1. The molecule has 0 spiro atoms. The first kappa shape index (κ1) is 12.0. The predicted octanol–water partition coefficient (Wildman–Crippen LogP) is 4.82. The van der Waals surface area contributed by atoms with E-state index in [9.17, 15) is 0 Å². The van der Waals surface area contributed by atoms with Crippen molar-refractivity contribution in [1.29, 1.82) is 0 Å². The monoisotopic (exact) mass is 314 g/mol. The van der Waals surface area contributed by atoms with Gasteiger partial charge in [0.1, 0.15) is 5.65 Å². The molecule has 0 aliphatic carbocycles. The van der Waals surface area contributed by atoms with Crippen molar-refractivity contribution >= 4 is 33.1 Å². The highest BCUT2D eigenvalue weighted by Gasteiger charge is 2.06. The molecular formula is C14H11BrN4. The van der Waals surface area contributed by atoms with Crippen LogP contribution in [0.4, 0.5) is 11.5 Å². The maximum atomic E-state index is 4.44. The van der Waals surface area contributed by atoms with Crippen molar-refractivity contribution in [3.63, 3.8) is 0 Å². The normalized spacial score (nSPS) is 11.5. The molecule has 0 unspecified atom stereocenters. The topological polar surface area (TPSA) is 42.0 Å². The van der Waals surface area contributed by atoms with Gasteiger partial charge in [0.15, 0.2) is 5.82 Å². The number of benzene rings is 1. The Morgan fingerprint density at radius 2 is 1.84 bits per heavy atom. The molecule has 19 heavy (non-hydrogen) atoms. The number of rotatable bonds is 2. The van der Waals surface area contributed by atoms with Gasteiger partial charge < -0.3 is 0 Å². The van der Waals surface area contributed by atoms with Crippen LogP contribution in [0, 0.1) is 6.92 Å². The summed E-state index contributed by atoms with van der Waals surface area (Å²) in [4.78, 5) is 4.44. The van der Waals surface area contributed by atoms with Gasteiger partial charge in [0.2, 0.25) is 0 Å². The Hall–Kier alpha value is -2.01. The molecule has 0 aliphatic heterocycles. The number of halogens is 1. The molecule has 0 saturated heterocycles. The number of aryl methyl sites for hydroxylation is 1. The van der Waals surface area contributed by atoms with Crippen molar-refractivity contribution in [1.82, 2.24) is 9.38 Å². The molecule has 3 rings (SSSR count). The third-order valence-corrected chi connectivity index (χ3v) is 3.29. The summed E-state index contributed by atoms with van der Waals surface area (Å²) in [5.74, 6) is 0.763. The number of nitrogens with zero attached hydrogens (tertiary/aromatic N) is 4. The number of hydrogen-bond acceptors (Lipinski definition) is 3. The summed E-state index contributed by atoms with van der Waals surface area (Å²) in [6.45, 7) is 1.93. The lowest BCUT2D eigenvalue weighted by Crippen LogP contribution is -1.80. The van der Waals surface area contributed by atoms with E-state index in [0.717, 1.165) is 27.3 Å². The molecule has 5 heteroatoms. The van der Waals surface area contributed by atoms with E-state index in [0.29, 0.717) is 0 Å². The lowest BCUT2D eigenvalue weighted by molar-refractivity contribution is 1.09. The van der Waals surface area contributed by atoms with Gasteiger partial charge in [0.05, 0.1) is 11.4 Å². The summed E-state index contributed by atoms with van der Waals surface area (Å²) in [6.07, 6.45) is 1.94. The smallest absolute Gasteiger partial charge is 0.182 e. The zero-order valence-corrected chi connectivity index (χ0v) is 11.9. The first-order chi connectivity index (χ1) is 9.24. The Labute approximate surface area is 119 Å². The van der Waals surface area contributed by atoms with Crippen molar-refractivity contribution in [2.45, 2.75) is 6.92 Å². The molecule has 4 nitrogen and oxygen atoms in total. The van der Waals surface area contributed by atoms with Crippen LogP contribution in [0.25, 0.3) is 5.65 Å². The number of aromatic nitrogens is 2. The molecule has 0 radical (unpaired) electrons. The fraction of sp³-hybridized carbons (Fsp3) is 0.0714. The van der Waals surface area contributed by atoms with Crippen LogP contribution in [-0.2, 0) is 0 Å². The summed E-state index contributed by atoms with van der Waals surface area (Å²) in [7, 11) is 0. The first-order valence-electron chi connectivity index (χ1n) is 5.85. The summed E-state index contributed by atoms with van der Waals surface area (Å²) < 4.78 is 2.95. The third-order valence-electron chi connectivity index (χ3n) is 2.76. The van der Waals surface area contributed by atoms with Crippen LogP contribution in [0.1, 0.15) is 5.69 Å². The summed E-state index contributed by atoms with van der Waals surface area (Å²) in [5, 5.41) is 8.55. The highest BCUT2D eigenvalue weighted by atomic mass is 79.9. The largest absolute Gasteiger partial charge is 0.283 e. The van der Waals surface area contributed by atoms with Gasteiger partial charge in [-0.1, -0.05) is 22.0 Å². The summed E-state index contributed by atoms with van der Waals surface area (Å²) in [5.41, 5.74) is 2.56. The van der Waals surface area contributed by atoms with Gasteiger partial charge in [-0.05, 0) is 43.3 Å². The van der Waals surface area contributed by atoms with Crippen LogP contribution in [0.5, 0.6) is 0 Å². The molecule has 3 aromatic rings. The van der Waals surface area contributed by atoms with Gasteiger partial charge in [0.25, 0.3) is 0 Å². The standard InChI is InChI=1S/C14H11BrN4/c1-10-14(19-9-3-2-4-13(19)16-10)18-17-12-7-5-11(15)6-8-12/h2-9H,1H3. The number of pyridine rings is 1. The maximum Gasteiger partial charge on any atom is 0.182 e. The molecule has 2 heterocycles. The zero-order valence-electron chi connectivity index (χ0n) is 10.3. The van der Waals surface area contributed by atoms with Crippen LogP contribution in [0.2, 0.25) is 0 Å². The Morgan fingerprint density at radius 3 is 2.63 bits per heavy atom. The Morgan fingerprint density at radius 1 is 1.05 bits per heavy atom. The maximum absolute atomic E-state index is 4.44. The van der Waals surface area contributed by atoms with Gasteiger partial charge >= 0.3 is 0 Å². The molecule has 0 fully saturated rings. The van der Waals surface area contributed by atoms with Gasteiger partial charge in [0, 0.05) is 10.7 Å². The minimum Gasteiger partial charge on any atom is -0.283 e. The van der Waals surface area contributed by atoms with E-state index < -0.39 is 0 Å². The van der Waals surface area contributed by atoms with Crippen LogP contribution >= 0.6 is 15.9 Å². The van der Waals surface area contributed by atoms with Crippen LogP contribution in [0.3, 0.4) is 0 Å². The molecule has 0 saturated carbocycles. The van der Waals surface area contributed by atoms with E-state index in [2.05, 4.69) is 31.1 Å². The molecular weight excluding hydrogens is 304 g/mol. The van der Waals surface area contributed by atoms with Crippen molar-refractivity contribution in [3.8, 4) is 0 Å². The van der Waals surface area contributed by atoms with Gasteiger partial charge in [-0.2, -0.15) is 0 Å². The number of imidazole rings is 1. The molecule has 2 aromatic heterocycles. The molecule has 1 aromatic carbocycles. The van der Waals surface area contributed by atoms with E-state index >= 15 is 0 Å². The Bertz CT molecular complexity index is 744. The average Bonchev–Trinajstić information content (AvgIpc) is 2.74. The molecule has 0 aliphatic rings. The SMILES string of the molecule is Cc1nc2ccccn2c1N=Nc1ccc(Br)cc1. The van der Waals surface area contributed by atoms with Crippen LogP contribution < -0.4 is 0 Å². The fourth-order valence-corrected chi connectivity index (χ4v) is 2.10. The first-order valence-corrected chi connectivity index (χ1v) is 6.64. The number of hydrogen-bond donors (Lipinski definition) is 0. The van der Waals surface area contributed by atoms with Crippen molar-refractivity contribution in [3.05, 3.63) is 58.8 Å². The van der Waals surface area contributed by atoms with Gasteiger partial charge in [-0.15, -0.1) is 10.2 Å². The minimum absolute atomic E-state index is 0.763. The molecule has 0 bridgehead atoms. The lowest BCUT2D eigenvalue weighted by atomic mass is 10.3. The third kappa shape index (κ3) is 2.42. The van der Waals surface area contributed by atoms with E-state index in [-0.39, 0.29) is 0 Å². The number of fused-ring (bicyclic) bond motifs is 1. The summed E-state index contributed by atoms with van der Waals surface area (Å²) >= 11 is 3.39. The Kier molecular flexibility index (Phi) is 3.13. The molecule has 0 amide bonds. The quantitative estimate of drug-likeness (QED) is 0.625. The van der Waals surface area contributed by atoms with E-state index in [4.69, 9.17) is 0 Å². The van der Waals surface area contributed by atoms with Crippen LogP contribution in [-0.4, -0.2) is 9.38 Å². The van der Waals surface area contributed by atoms with Gasteiger partial charge in [-0.25, -0.2) is 4.98 Å². The second-order valence-electron chi connectivity index (χ2n) is 4.13. The second kappa shape index (κ2) is 4.93. The highest BCUT2D eigenvalue weighted by Crippen LogP contribution is 2.24. The average molecular weight is 315 g/mol. The predicted molar refractivity (Wildman–Crippen MR) is 78.2 cm³/mol. The minimum atomic E-state index is 0.763. The molecule has 0 N–H and O–H groups in total. The van der Waals surface area contributed by atoms with E-state index in [1.807, 2.05) is 60.0 Å². The Balaban J connectivity index is 2.01. The van der Waals surface area contributed by atoms with Crippen molar-refractivity contribution < 1.29 is 0 Å². The lowest BCUT2D eigenvalue weighted by Gasteiger charge is -1.96. The van der Waals surface area contributed by atoms with E-state index in [1.165, 1.54) is 0 Å².